The Hall–Kier alpha value is -0.570. The zero-order valence-electron chi connectivity index (χ0n) is 11.1. The van der Waals surface area contributed by atoms with Gasteiger partial charge in [-0.25, -0.2) is 0 Å². The summed E-state index contributed by atoms with van der Waals surface area (Å²) in [5.74, 6) is 0.897. The van der Waals surface area contributed by atoms with E-state index in [1.165, 1.54) is 12.8 Å². The predicted molar refractivity (Wildman–Crippen MR) is 65.3 cm³/mol. The molecule has 1 aliphatic rings. The van der Waals surface area contributed by atoms with Crippen LogP contribution < -0.4 is 0 Å². The first-order valence-electron chi connectivity index (χ1n) is 6.34. The van der Waals surface area contributed by atoms with E-state index < -0.39 is 0 Å². The maximum atomic E-state index is 11.9. The molecule has 3 heteroatoms. The molecule has 0 aliphatic heterocycles. The van der Waals surface area contributed by atoms with Crippen molar-refractivity contribution in [2.45, 2.75) is 52.6 Å². The van der Waals surface area contributed by atoms with E-state index in [1.807, 2.05) is 25.7 Å². The third-order valence-electron chi connectivity index (χ3n) is 2.65. The summed E-state index contributed by atoms with van der Waals surface area (Å²) >= 11 is 0. The van der Waals surface area contributed by atoms with E-state index in [0.29, 0.717) is 0 Å². The first-order chi connectivity index (χ1) is 7.42. The maximum absolute atomic E-state index is 11.9. The summed E-state index contributed by atoms with van der Waals surface area (Å²) in [4.78, 5) is 13.9. The number of nitrogens with zero attached hydrogens (tertiary/aromatic N) is 1. The molecule has 1 rings (SSSR count). The molecule has 1 saturated carbocycles. The highest BCUT2D eigenvalue weighted by Crippen LogP contribution is 2.29. The zero-order chi connectivity index (χ0) is 12.2. The van der Waals surface area contributed by atoms with Gasteiger partial charge in [0.25, 0.3) is 0 Å². The van der Waals surface area contributed by atoms with Crippen LogP contribution >= 0.6 is 0 Å². The van der Waals surface area contributed by atoms with Crippen LogP contribution in [-0.2, 0) is 9.53 Å². The minimum absolute atomic E-state index is 0.142. The van der Waals surface area contributed by atoms with Crippen LogP contribution in [0.25, 0.3) is 0 Å². The number of amides is 1. The summed E-state index contributed by atoms with van der Waals surface area (Å²) < 4.78 is 5.53. The minimum atomic E-state index is -0.229. The molecule has 16 heavy (non-hydrogen) atoms. The number of hydrogen-bond donors (Lipinski definition) is 0. The molecule has 0 saturated heterocycles. The maximum Gasteiger partial charge on any atom is 0.248 e. The SMILES string of the molecule is CCCN(CC1CC1)C(=O)COC(C)(C)C. The van der Waals surface area contributed by atoms with Gasteiger partial charge < -0.3 is 9.64 Å². The van der Waals surface area contributed by atoms with E-state index in [0.717, 1.165) is 25.4 Å². The molecule has 0 bridgehead atoms. The van der Waals surface area contributed by atoms with E-state index in [2.05, 4.69) is 6.92 Å². The minimum Gasteiger partial charge on any atom is -0.366 e. The predicted octanol–water partition coefficient (Wildman–Crippen LogP) is 2.45. The lowest BCUT2D eigenvalue weighted by molar-refractivity contribution is -0.141. The third-order valence-corrected chi connectivity index (χ3v) is 2.65. The second-order valence-corrected chi connectivity index (χ2v) is 5.68. The monoisotopic (exact) mass is 227 g/mol. The number of hydrogen-bond acceptors (Lipinski definition) is 2. The molecule has 0 atom stereocenters. The number of rotatable bonds is 6. The molecule has 0 aromatic heterocycles. The summed E-state index contributed by atoms with van der Waals surface area (Å²) in [6.45, 7) is 10.1. The van der Waals surface area contributed by atoms with Crippen molar-refractivity contribution < 1.29 is 9.53 Å². The molecule has 0 aromatic carbocycles. The normalized spacial score (nSPS) is 16.2. The van der Waals surface area contributed by atoms with E-state index in [-0.39, 0.29) is 18.1 Å². The highest BCUT2D eigenvalue weighted by Gasteiger charge is 2.26. The fourth-order valence-corrected chi connectivity index (χ4v) is 1.57. The van der Waals surface area contributed by atoms with Crippen molar-refractivity contribution in [2.75, 3.05) is 19.7 Å². The standard InChI is InChI=1S/C13H25NO2/c1-5-8-14(9-11-6-7-11)12(15)10-16-13(2,3)4/h11H,5-10H2,1-4H3. The summed E-state index contributed by atoms with van der Waals surface area (Å²) in [5.41, 5.74) is -0.229. The lowest BCUT2D eigenvalue weighted by atomic mass is 10.2. The molecule has 94 valence electrons. The highest BCUT2D eigenvalue weighted by molar-refractivity contribution is 5.77. The molecular formula is C13H25NO2. The van der Waals surface area contributed by atoms with Crippen LogP contribution in [0.3, 0.4) is 0 Å². The molecule has 1 aliphatic carbocycles. The summed E-state index contributed by atoms with van der Waals surface area (Å²) in [6.07, 6.45) is 3.59. The van der Waals surface area contributed by atoms with Crippen molar-refractivity contribution in [1.82, 2.24) is 4.90 Å². The van der Waals surface area contributed by atoms with Crippen LogP contribution in [0.5, 0.6) is 0 Å². The van der Waals surface area contributed by atoms with Gasteiger partial charge in [0.1, 0.15) is 6.61 Å². The Kier molecular flexibility index (Phi) is 4.78. The van der Waals surface area contributed by atoms with E-state index in [1.54, 1.807) is 0 Å². The van der Waals surface area contributed by atoms with Gasteiger partial charge in [-0.1, -0.05) is 6.92 Å². The van der Waals surface area contributed by atoms with Crippen molar-refractivity contribution in [1.29, 1.82) is 0 Å². The van der Waals surface area contributed by atoms with Gasteiger partial charge >= 0.3 is 0 Å². The fourth-order valence-electron chi connectivity index (χ4n) is 1.57. The molecule has 1 amide bonds. The molecule has 0 radical (unpaired) electrons. The van der Waals surface area contributed by atoms with E-state index in [4.69, 9.17) is 4.74 Å². The quantitative estimate of drug-likeness (QED) is 0.697. The molecular weight excluding hydrogens is 202 g/mol. The lowest BCUT2D eigenvalue weighted by Gasteiger charge is -2.25. The third kappa shape index (κ3) is 5.50. The van der Waals surface area contributed by atoms with Gasteiger partial charge in [0.15, 0.2) is 0 Å². The Morgan fingerprint density at radius 3 is 2.44 bits per heavy atom. The second kappa shape index (κ2) is 5.67. The molecule has 0 unspecified atom stereocenters. The largest absolute Gasteiger partial charge is 0.366 e. The zero-order valence-corrected chi connectivity index (χ0v) is 11.1. The van der Waals surface area contributed by atoms with Crippen molar-refractivity contribution in [3.8, 4) is 0 Å². The lowest BCUT2D eigenvalue weighted by Crippen LogP contribution is -2.38. The average molecular weight is 227 g/mol. The van der Waals surface area contributed by atoms with Crippen LogP contribution in [0, 0.1) is 5.92 Å². The van der Waals surface area contributed by atoms with E-state index in [9.17, 15) is 4.79 Å². The van der Waals surface area contributed by atoms with Crippen molar-refractivity contribution >= 4 is 5.91 Å². The van der Waals surface area contributed by atoms with Crippen LogP contribution in [0.15, 0.2) is 0 Å². The number of carbonyl (C=O) groups excluding carboxylic acids is 1. The summed E-state index contributed by atoms with van der Waals surface area (Å²) in [6, 6.07) is 0. The van der Waals surface area contributed by atoms with Gasteiger partial charge in [-0.15, -0.1) is 0 Å². The summed E-state index contributed by atoms with van der Waals surface area (Å²) in [7, 11) is 0. The smallest absolute Gasteiger partial charge is 0.248 e. The number of ether oxygens (including phenoxy) is 1. The molecule has 1 fully saturated rings. The Morgan fingerprint density at radius 1 is 1.38 bits per heavy atom. The number of carbonyl (C=O) groups is 1. The topological polar surface area (TPSA) is 29.5 Å². The van der Waals surface area contributed by atoms with Gasteiger partial charge in [0.05, 0.1) is 5.60 Å². The first kappa shape index (κ1) is 13.5. The van der Waals surface area contributed by atoms with Crippen LogP contribution in [0.2, 0.25) is 0 Å². The average Bonchev–Trinajstić information content (AvgIpc) is 2.96. The van der Waals surface area contributed by atoms with Crippen molar-refractivity contribution in [2.24, 2.45) is 5.92 Å². The van der Waals surface area contributed by atoms with Gasteiger partial charge in [0.2, 0.25) is 5.91 Å². The van der Waals surface area contributed by atoms with Gasteiger partial charge in [0, 0.05) is 13.1 Å². The highest BCUT2D eigenvalue weighted by atomic mass is 16.5. The molecule has 0 N–H and O–H groups in total. The Labute approximate surface area is 99.1 Å². The molecule has 0 heterocycles. The van der Waals surface area contributed by atoms with Gasteiger partial charge in [-0.2, -0.15) is 0 Å². The van der Waals surface area contributed by atoms with Gasteiger partial charge in [-0.3, -0.25) is 4.79 Å². The molecule has 0 aromatic rings. The van der Waals surface area contributed by atoms with Crippen LogP contribution in [0.1, 0.15) is 47.0 Å². The first-order valence-corrected chi connectivity index (χ1v) is 6.34. The second-order valence-electron chi connectivity index (χ2n) is 5.68. The van der Waals surface area contributed by atoms with Crippen LogP contribution in [0.4, 0.5) is 0 Å². The molecule has 0 spiro atoms. The summed E-state index contributed by atoms with van der Waals surface area (Å²) in [5, 5.41) is 0. The van der Waals surface area contributed by atoms with Gasteiger partial charge in [-0.05, 0) is 46.0 Å². The molecule has 3 nitrogen and oxygen atoms in total. The van der Waals surface area contributed by atoms with Crippen LogP contribution in [-0.4, -0.2) is 36.1 Å². The fraction of sp³-hybridized carbons (Fsp3) is 0.923. The van der Waals surface area contributed by atoms with E-state index >= 15 is 0 Å². The van der Waals surface area contributed by atoms with Crippen molar-refractivity contribution in [3.63, 3.8) is 0 Å². The Bertz CT molecular complexity index is 229. The van der Waals surface area contributed by atoms with Crippen molar-refractivity contribution in [3.05, 3.63) is 0 Å². The Morgan fingerprint density at radius 2 is 2.00 bits per heavy atom. The Balaban J connectivity index is 2.33.